The summed E-state index contributed by atoms with van der Waals surface area (Å²) < 4.78 is 0. The molecule has 0 spiro atoms. The van der Waals surface area contributed by atoms with Crippen LogP contribution in [0.2, 0.25) is 0 Å². The highest BCUT2D eigenvalue weighted by Crippen LogP contribution is 2.21. The molecular weight excluding hydrogens is 220 g/mol. The van der Waals surface area contributed by atoms with Gasteiger partial charge in [-0.15, -0.1) is 0 Å². The maximum Gasteiger partial charge on any atom is 0.0507 e. The lowest BCUT2D eigenvalue weighted by molar-refractivity contribution is 1.16. The first-order chi connectivity index (χ1) is 8.84. The zero-order chi connectivity index (χ0) is 12.4. The Labute approximate surface area is 107 Å². The Bertz CT molecular complexity index is 653. The first-order valence-corrected chi connectivity index (χ1v) is 6.19. The number of aromatic nitrogens is 1. The van der Waals surface area contributed by atoms with Gasteiger partial charge in [-0.05, 0) is 30.2 Å². The van der Waals surface area contributed by atoms with Crippen LogP contribution < -0.4 is 5.32 Å². The van der Waals surface area contributed by atoms with Crippen LogP contribution in [-0.2, 0) is 6.54 Å². The monoisotopic (exact) mass is 236 g/mol. The smallest absolute Gasteiger partial charge is 0.0507 e. The minimum absolute atomic E-state index is 0.835. The molecule has 2 nitrogen and oxygen atoms in total. The summed E-state index contributed by atoms with van der Waals surface area (Å²) >= 11 is 0. The molecule has 0 fully saturated rings. The molecule has 0 aliphatic rings. The molecule has 2 aromatic carbocycles. The molecule has 2 heteroatoms. The van der Waals surface area contributed by atoms with Crippen LogP contribution in [-0.4, -0.2) is 4.98 Å². The lowest BCUT2D eigenvalue weighted by Crippen LogP contribution is -1.99. The maximum absolute atomic E-state index is 3.44. The van der Waals surface area contributed by atoms with E-state index in [9.17, 15) is 0 Å². The van der Waals surface area contributed by atoms with Gasteiger partial charge in [0.2, 0.25) is 0 Å². The average molecular weight is 236 g/mol. The van der Waals surface area contributed by atoms with Gasteiger partial charge in [0, 0.05) is 23.8 Å². The molecule has 3 aromatic rings. The van der Waals surface area contributed by atoms with Crippen LogP contribution in [0.3, 0.4) is 0 Å². The summed E-state index contributed by atoms with van der Waals surface area (Å²) in [7, 11) is 0. The van der Waals surface area contributed by atoms with Crippen molar-refractivity contribution in [2.24, 2.45) is 0 Å². The summed E-state index contributed by atoms with van der Waals surface area (Å²) in [5.74, 6) is 0. The molecule has 90 valence electrons. The van der Waals surface area contributed by atoms with E-state index in [0.717, 1.165) is 12.2 Å². The third-order valence-corrected chi connectivity index (χ3v) is 3.27. The first-order valence-electron chi connectivity index (χ1n) is 6.19. The van der Waals surface area contributed by atoms with Gasteiger partial charge in [-0.1, -0.05) is 36.4 Å². The van der Waals surface area contributed by atoms with Crippen LogP contribution in [0.15, 0.2) is 54.7 Å². The minimum Gasteiger partial charge on any atom is -0.381 e. The van der Waals surface area contributed by atoms with Crippen molar-refractivity contribution in [2.75, 3.05) is 5.32 Å². The topological polar surface area (TPSA) is 27.8 Å². The summed E-state index contributed by atoms with van der Waals surface area (Å²) in [6, 6.07) is 16.7. The van der Waals surface area contributed by atoms with Crippen LogP contribution in [0.4, 0.5) is 5.69 Å². The van der Waals surface area contributed by atoms with E-state index in [1.807, 2.05) is 18.2 Å². The Kier molecular flexibility index (Phi) is 2.77. The van der Waals surface area contributed by atoms with Gasteiger partial charge in [-0.3, -0.25) is 0 Å². The van der Waals surface area contributed by atoms with Crippen molar-refractivity contribution < 1.29 is 0 Å². The summed E-state index contributed by atoms with van der Waals surface area (Å²) in [5.41, 5.74) is 4.98. The number of para-hydroxylation sites is 2. The van der Waals surface area contributed by atoms with E-state index in [2.05, 4.69) is 53.8 Å². The van der Waals surface area contributed by atoms with E-state index < -0.39 is 0 Å². The Morgan fingerprint density at radius 1 is 1.00 bits per heavy atom. The van der Waals surface area contributed by atoms with Gasteiger partial charge in [-0.2, -0.15) is 0 Å². The van der Waals surface area contributed by atoms with Gasteiger partial charge >= 0.3 is 0 Å². The molecule has 3 rings (SSSR count). The Hall–Kier alpha value is -2.22. The van der Waals surface area contributed by atoms with Crippen molar-refractivity contribution in [3.05, 3.63) is 65.9 Å². The minimum atomic E-state index is 0.835. The molecular formula is C16H16N2. The third-order valence-electron chi connectivity index (χ3n) is 3.27. The van der Waals surface area contributed by atoms with Gasteiger partial charge in [0.1, 0.15) is 0 Å². The van der Waals surface area contributed by atoms with E-state index in [1.165, 1.54) is 22.0 Å². The van der Waals surface area contributed by atoms with E-state index in [4.69, 9.17) is 0 Å². The molecule has 0 saturated carbocycles. The lowest BCUT2D eigenvalue weighted by Gasteiger charge is -2.07. The Balaban J connectivity index is 1.87. The number of hydrogen-bond donors (Lipinski definition) is 2. The molecule has 0 unspecified atom stereocenters. The van der Waals surface area contributed by atoms with Crippen LogP contribution >= 0.6 is 0 Å². The van der Waals surface area contributed by atoms with Gasteiger partial charge in [0.15, 0.2) is 0 Å². The molecule has 0 radical (unpaired) electrons. The second kappa shape index (κ2) is 4.57. The molecule has 1 aromatic heterocycles. The Morgan fingerprint density at radius 3 is 2.67 bits per heavy atom. The maximum atomic E-state index is 3.44. The lowest BCUT2D eigenvalue weighted by atomic mass is 10.1. The largest absolute Gasteiger partial charge is 0.381 e. The fourth-order valence-electron chi connectivity index (χ4n) is 2.26. The zero-order valence-corrected chi connectivity index (χ0v) is 10.4. The highest BCUT2D eigenvalue weighted by Gasteiger charge is 2.04. The van der Waals surface area contributed by atoms with Crippen molar-refractivity contribution >= 4 is 16.6 Å². The van der Waals surface area contributed by atoms with E-state index in [0.29, 0.717) is 0 Å². The zero-order valence-electron chi connectivity index (χ0n) is 10.4. The first kappa shape index (κ1) is 10.9. The normalized spacial score (nSPS) is 10.7. The van der Waals surface area contributed by atoms with E-state index in [1.54, 1.807) is 0 Å². The molecule has 2 N–H and O–H groups in total. The predicted octanol–water partition coefficient (Wildman–Crippen LogP) is 4.09. The van der Waals surface area contributed by atoms with Crippen LogP contribution in [0.25, 0.3) is 10.9 Å². The molecule has 0 atom stereocenters. The fourth-order valence-corrected chi connectivity index (χ4v) is 2.26. The SMILES string of the molecule is Cc1c[nH]c2c(CNc3ccccc3)cccc12. The number of aromatic amines is 1. The van der Waals surface area contributed by atoms with Gasteiger partial charge in [0.05, 0.1) is 5.52 Å². The number of nitrogens with one attached hydrogen (secondary N) is 2. The van der Waals surface area contributed by atoms with Crippen LogP contribution in [0, 0.1) is 6.92 Å². The van der Waals surface area contributed by atoms with Crippen molar-refractivity contribution in [1.29, 1.82) is 0 Å². The number of fused-ring (bicyclic) bond motifs is 1. The van der Waals surface area contributed by atoms with Gasteiger partial charge in [-0.25, -0.2) is 0 Å². The second-order valence-electron chi connectivity index (χ2n) is 4.53. The fraction of sp³-hybridized carbons (Fsp3) is 0.125. The predicted molar refractivity (Wildman–Crippen MR) is 76.8 cm³/mol. The van der Waals surface area contributed by atoms with Crippen LogP contribution in [0.5, 0.6) is 0 Å². The quantitative estimate of drug-likeness (QED) is 0.704. The molecule has 18 heavy (non-hydrogen) atoms. The average Bonchev–Trinajstić information content (AvgIpc) is 2.80. The summed E-state index contributed by atoms with van der Waals surface area (Å²) in [5, 5.41) is 4.75. The Morgan fingerprint density at radius 2 is 1.83 bits per heavy atom. The van der Waals surface area contributed by atoms with Gasteiger partial charge < -0.3 is 10.3 Å². The molecule has 0 amide bonds. The molecule has 0 aliphatic carbocycles. The van der Waals surface area contributed by atoms with E-state index in [-0.39, 0.29) is 0 Å². The van der Waals surface area contributed by atoms with E-state index >= 15 is 0 Å². The highest BCUT2D eigenvalue weighted by molar-refractivity contribution is 5.85. The van der Waals surface area contributed by atoms with Gasteiger partial charge in [0.25, 0.3) is 0 Å². The number of benzene rings is 2. The summed E-state index contributed by atoms with van der Waals surface area (Å²) in [6.07, 6.45) is 2.07. The highest BCUT2D eigenvalue weighted by atomic mass is 14.9. The molecule has 0 aliphatic heterocycles. The van der Waals surface area contributed by atoms with Crippen molar-refractivity contribution in [3.8, 4) is 0 Å². The van der Waals surface area contributed by atoms with Crippen molar-refractivity contribution in [1.82, 2.24) is 4.98 Å². The molecule has 0 bridgehead atoms. The van der Waals surface area contributed by atoms with Crippen molar-refractivity contribution in [3.63, 3.8) is 0 Å². The molecule has 1 heterocycles. The summed E-state index contributed by atoms with van der Waals surface area (Å²) in [4.78, 5) is 3.35. The standard InChI is InChI=1S/C16H16N2/c1-12-10-18-16-13(6-5-9-15(12)16)11-17-14-7-3-2-4-8-14/h2-10,17-18H,11H2,1H3. The van der Waals surface area contributed by atoms with Crippen molar-refractivity contribution in [2.45, 2.75) is 13.5 Å². The number of H-pyrrole nitrogens is 1. The summed E-state index contributed by atoms with van der Waals surface area (Å²) in [6.45, 7) is 2.97. The number of aryl methyl sites for hydroxylation is 1. The molecule has 0 saturated heterocycles. The number of anilines is 1. The third kappa shape index (κ3) is 1.97. The number of hydrogen-bond acceptors (Lipinski definition) is 1. The second-order valence-corrected chi connectivity index (χ2v) is 4.53. The number of rotatable bonds is 3. The van der Waals surface area contributed by atoms with Crippen LogP contribution in [0.1, 0.15) is 11.1 Å².